The van der Waals surface area contributed by atoms with Gasteiger partial charge in [-0.2, -0.15) is 11.8 Å². The van der Waals surface area contributed by atoms with Crippen LogP contribution in [0.25, 0.3) is 0 Å². The lowest BCUT2D eigenvalue weighted by Crippen LogP contribution is -2.58. The molecule has 0 bridgehead atoms. The molecular weight excluding hydrogens is 556 g/mol. The number of carboxylic acids is 1. The zero-order chi connectivity index (χ0) is 31.1. The summed E-state index contributed by atoms with van der Waals surface area (Å²) in [5.74, 6) is -5.41. The molecule has 0 unspecified atom stereocenters. The average Bonchev–Trinajstić information content (AvgIpc) is 2.88. The van der Waals surface area contributed by atoms with Crippen LogP contribution in [0.15, 0.2) is 30.3 Å². The van der Waals surface area contributed by atoms with Crippen molar-refractivity contribution in [3.05, 3.63) is 35.9 Å². The number of carbonyl (C=O) groups excluding carboxylic acids is 6. The van der Waals surface area contributed by atoms with Gasteiger partial charge in [-0.15, -0.1) is 0 Å². The van der Waals surface area contributed by atoms with Gasteiger partial charge >= 0.3 is 5.97 Å². The van der Waals surface area contributed by atoms with Gasteiger partial charge in [0, 0.05) is 18.4 Å². The molecule has 0 saturated heterocycles. The number of nitrogens with one attached hydrogen (secondary N) is 5. The van der Waals surface area contributed by atoms with E-state index >= 15 is 0 Å². The van der Waals surface area contributed by atoms with Crippen LogP contribution in [0.2, 0.25) is 0 Å². The lowest BCUT2D eigenvalue weighted by Gasteiger charge is -2.26. The number of hydrogen-bond donors (Lipinski definition) is 7. The van der Waals surface area contributed by atoms with Gasteiger partial charge in [0.25, 0.3) is 0 Å². The van der Waals surface area contributed by atoms with Crippen LogP contribution < -0.4 is 32.3 Å². The molecule has 0 spiro atoms. The molecule has 0 aliphatic carbocycles. The van der Waals surface area contributed by atoms with Gasteiger partial charge in [0.1, 0.15) is 24.2 Å². The zero-order valence-electron chi connectivity index (χ0n) is 23.4. The third-order valence-corrected chi connectivity index (χ3v) is 6.68. The quantitative estimate of drug-likeness (QED) is 0.113. The maximum absolute atomic E-state index is 13.2. The van der Waals surface area contributed by atoms with Crippen molar-refractivity contribution in [3.63, 3.8) is 0 Å². The Kier molecular flexibility index (Phi) is 14.9. The molecule has 1 aromatic rings. The Balaban J connectivity index is 2.96. The predicted molar refractivity (Wildman–Crippen MR) is 151 cm³/mol. The first-order valence-electron chi connectivity index (χ1n) is 12.8. The van der Waals surface area contributed by atoms with Crippen LogP contribution in [0.5, 0.6) is 0 Å². The molecule has 0 radical (unpaired) electrons. The molecule has 0 heterocycles. The highest BCUT2D eigenvalue weighted by atomic mass is 32.2. The van der Waals surface area contributed by atoms with E-state index < -0.39 is 78.5 Å². The highest BCUT2D eigenvalue weighted by Crippen LogP contribution is 2.13. The Labute approximate surface area is 242 Å². The number of primary amides is 1. The van der Waals surface area contributed by atoms with E-state index in [9.17, 15) is 33.6 Å². The van der Waals surface area contributed by atoms with Crippen molar-refractivity contribution in [3.8, 4) is 0 Å². The highest BCUT2D eigenvalue weighted by Gasteiger charge is 2.30. The third kappa shape index (κ3) is 13.7. The summed E-state index contributed by atoms with van der Waals surface area (Å²) in [5.41, 5.74) is 6.20. The smallest absolute Gasteiger partial charge is 0.305 e. The van der Waals surface area contributed by atoms with E-state index in [-0.39, 0.29) is 11.7 Å². The summed E-state index contributed by atoms with van der Waals surface area (Å²) in [6, 6.07) is 4.86. The fourth-order valence-electron chi connectivity index (χ4n) is 3.38. The second-order valence-electron chi connectivity index (χ2n) is 9.55. The molecule has 0 aliphatic rings. The van der Waals surface area contributed by atoms with E-state index in [1.165, 1.54) is 18.7 Å². The number of carboxylic acid groups (broad SMARTS) is 1. The van der Waals surface area contributed by atoms with Crippen molar-refractivity contribution in [2.24, 2.45) is 11.7 Å². The molecule has 0 saturated carbocycles. The Morgan fingerprint density at radius 2 is 1.49 bits per heavy atom. The summed E-state index contributed by atoms with van der Waals surface area (Å²) in [7, 11) is 0. The van der Waals surface area contributed by atoms with E-state index in [1.54, 1.807) is 13.8 Å². The first kappa shape index (κ1) is 34.9. The second-order valence-corrected chi connectivity index (χ2v) is 10.6. The standard InChI is InChI=1S/C26H38N6O8S/c1-14(2)22(26(40)29-15(3)23(27)37)32-25(39)19(13-41-12-17-8-6-5-7-9-17)31-20(34)11-28-24(38)18(10-21(35)36)30-16(4)33/h5-9,14-15,18-19,22H,10-13H2,1-4H3,(H2,27,37)(H,28,38)(H,29,40)(H,30,33)(H,31,34)(H,32,39)(H,35,36)/t15-,18+,19-,22-/m0/s1. The summed E-state index contributed by atoms with van der Waals surface area (Å²) in [4.78, 5) is 84.7. The Morgan fingerprint density at radius 1 is 0.854 bits per heavy atom. The molecule has 4 atom stereocenters. The molecule has 41 heavy (non-hydrogen) atoms. The van der Waals surface area contributed by atoms with Gasteiger partial charge in [0.2, 0.25) is 35.4 Å². The molecule has 6 amide bonds. The number of aliphatic carboxylic acids is 1. The SMILES string of the molecule is CC(=O)N[C@H](CC(=O)O)C(=O)NCC(=O)N[C@@H](CSCc1ccccc1)C(=O)N[C@H](C(=O)N[C@@H](C)C(N)=O)C(C)C. The number of benzene rings is 1. The number of carbonyl (C=O) groups is 7. The van der Waals surface area contributed by atoms with Crippen molar-refractivity contribution in [2.45, 2.75) is 64.0 Å². The molecule has 0 aliphatic heterocycles. The minimum Gasteiger partial charge on any atom is -0.481 e. The van der Waals surface area contributed by atoms with Crippen LogP contribution in [-0.4, -0.2) is 83.0 Å². The van der Waals surface area contributed by atoms with E-state index in [0.29, 0.717) is 5.75 Å². The van der Waals surface area contributed by atoms with E-state index in [2.05, 4.69) is 26.6 Å². The van der Waals surface area contributed by atoms with Gasteiger partial charge in [-0.1, -0.05) is 44.2 Å². The van der Waals surface area contributed by atoms with Crippen molar-refractivity contribution >= 4 is 53.2 Å². The maximum atomic E-state index is 13.2. The van der Waals surface area contributed by atoms with E-state index in [4.69, 9.17) is 10.8 Å². The first-order valence-corrected chi connectivity index (χ1v) is 13.9. The summed E-state index contributed by atoms with van der Waals surface area (Å²) in [5, 5.41) is 21.0. The largest absolute Gasteiger partial charge is 0.481 e. The fourth-order valence-corrected chi connectivity index (χ4v) is 4.40. The monoisotopic (exact) mass is 594 g/mol. The summed E-state index contributed by atoms with van der Waals surface area (Å²) in [6.45, 7) is 5.30. The number of amides is 6. The van der Waals surface area contributed by atoms with Gasteiger partial charge in [0.15, 0.2) is 0 Å². The molecule has 0 fully saturated rings. The van der Waals surface area contributed by atoms with Gasteiger partial charge in [0.05, 0.1) is 13.0 Å². The second kappa shape index (κ2) is 17.5. The van der Waals surface area contributed by atoms with Crippen LogP contribution in [0, 0.1) is 5.92 Å². The number of rotatable bonds is 17. The summed E-state index contributed by atoms with van der Waals surface area (Å²) < 4.78 is 0. The van der Waals surface area contributed by atoms with E-state index in [0.717, 1.165) is 12.5 Å². The Hall–Kier alpha value is -4.14. The molecular formula is C26H38N6O8S. The van der Waals surface area contributed by atoms with Gasteiger partial charge in [-0.25, -0.2) is 0 Å². The predicted octanol–water partition coefficient (Wildman–Crippen LogP) is -1.37. The third-order valence-electron chi connectivity index (χ3n) is 5.58. The Morgan fingerprint density at radius 3 is 2.02 bits per heavy atom. The highest BCUT2D eigenvalue weighted by molar-refractivity contribution is 7.98. The first-order chi connectivity index (χ1) is 19.2. The van der Waals surface area contributed by atoms with Crippen LogP contribution in [0.1, 0.15) is 39.7 Å². The van der Waals surface area contributed by atoms with Crippen LogP contribution in [0.4, 0.5) is 0 Å². The van der Waals surface area contributed by atoms with Gasteiger partial charge in [-0.3, -0.25) is 33.6 Å². The van der Waals surface area contributed by atoms with Crippen molar-refractivity contribution < 1.29 is 38.7 Å². The minimum absolute atomic E-state index is 0.109. The lowest BCUT2D eigenvalue weighted by molar-refractivity contribution is -0.140. The molecule has 8 N–H and O–H groups in total. The molecule has 1 aromatic carbocycles. The van der Waals surface area contributed by atoms with Crippen molar-refractivity contribution in [1.29, 1.82) is 0 Å². The minimum atomic E-state index is -1.40. The number of nitrogens with two attached hydrogens (primary N) is 1. The van der Waals surface area contributed by atoms with Gasteiger partial charge in [-0.05, 0) is 18.4 Å². The molecule has 15 heteroatoms. The lowest BCUT2D eigenvalue weighted by atomic mass is 10.0. The van der Waals surface area contributed by atoms with Crippen LogP contribution in [-0.2, 0) is 39.3 Å². The number of hydrogen-bond acceptors (Lipinski definition) is 8. The zero-order valence-corrected chi connectivity index (χ0v) is 24.2. The summed E-state index contributed by atoms with van der Waals surface area (Å²) in [6.07, 6.45) is -0.693. The average molecular weight is 595 g/mol. The maximum Gasteiger partial charge on any atom is 0.305 e. The fraction of sp³-hybridized carbons (Fsp3) is 0.500. The molecule has 1 rings (SSSR count). The van der Waals surface area contributed by atoms with Gasteiger partial charge < -0.3 is 37.4 Å². The molecule has 14 nitrogen and oxygen atoms in total. The molecule has 0 aromatic heterocycles. The molecule has 226 valence electrons. The number of thioether (sulfide) groups is 1. The van der Waals surface area contributed by atoms with E-state index in [1.807, 2.05) is 30.3 Å². The normalized spacial score (nSPS) is 13.6. The topological polar surface area (TPSA) is 226 Å². The van der Waals surface area contributed by atoms with Crippen molar-refractivity contribution in [2.75, 3.05) is 12.3 Å². The van der Waals surface area contributed by atoms with Crippen molar-refractivity contribution in [1.82, 2.24) is 26.6 Å². The van der Waals surface area contributed by atoms with Crippen LogP contribution in [0.3, 0.4) is 0 Å². The summed E-state index contributed by atoms with van der Waals surface area (Å²) >= 11 is 1.35. The van der Waals surface area contributed by atoms with Crippen LogP contribution >= 0.6 is 11.8 Å². The Bertz CT molecular complexity index is 1080.